The number of hydrogen-bond acceptors (Lipinski definition) is 4. The molecule has 1 N–H and O–H groups in total. The van der Waals surface area contributed by atoms with Crippen molar-refractivity contribution in [1.82, 2.24) is 15.2 Å². The van der Waals surface area contributed by atoms with Gasteiger partial charge in [-0.1, -0.05) is 18.2 Å². The smallest absolute Gasteiger partial charge is 0.155 e. The van der Waals surface area contributed by atoms with Crippen molar-refractivity contribution in [2.24, 2.45) is 0 Å². The highest BCUT2D eigenvalue weighted by atomic mass is 32.2. The lowest BCUT2D eigenvalue weighted by atomic mass is 10.2. The third-order valence-corrected chi connectivity index (χ3v) is 4.19. The zero-order valence-corrected chi connectivity index (χ0v) is 11.2. The van der Waals surface area contributed by atoms with Crippen molar-refractivity contribution in [3.05, 3.63) is 47.3 Å². The van der Waals surface area contributed by atoms with Crippen LogP contribution in [0.5, 0.6) is 0 Å². The molecule has 0 unspecified atom stereocenters. The number of rotatable bonds is 5. The monoisotopic (exact) mass is 283 g/mol. The summed E-state index contributed by atoms with van der Waals surface area (Å²) in [5.74, 6) is 0.192. The summed E-state index contributed by atoms with van der Waals surface area (Å²) < 4.78 is 37.2. The minimum Gasteiger partial charge on any atom is -0.263 e. The predicted octanol–water partition coefficient (Wildman–Crippen LogP) is 1.41. The number of nitrogens with zero attached hydrogens (tertiary/aromatic N) is 2. The summed E-state index contributed by atoms with van der Waals surface area (Å²) in [6.07, 6.45) is 0.223. The van der Waals surface area contributed by atoms with Crippen LogP contribution in [0.2, 0.25) is 0 Å². The fourth-order valence-electron chi connectivity index (χ4n) is 1.67. The van der Waals surface area contributed by atoms with Gasteiger partial charge in [0.15, 0.2) is 15.7 Å². The van der Waals surface area contributed by atoms with E-state index in [1.54, 1.807) is 13.0 Å². The van der Waals surface area contributed by atoms with Crippen LogP contribution in [0.15, 0.2) is 24.3 Å². The summed E-state index contributed by atoms with van der Waals surface area (Å²) in [4.78, 5) is 4.03. The van der Waals surface area contributed by atoms with Crippen molar-refractivity contribution in [3.63, 3.8) is 0 Å². The number of nitrogens with one attached hydrogen (secondary N) is 1. The van der Waals surface area contributed by atoms with Gasteiger partial charge in [0.25, 0.3) is 0 Å². The van der Waals surface area contributed by atoms with E-state index >= 15 is 0 Å². The Morgan fingerprint density at radius 1 is 1.32 bits per heavy atom. The molecule has 0 atom stereocenters. The third-order valence-electron chi connectivity index (χ3n) is 2.61. The molecule has 1 aromatic carbocycles. The number of aromatic amines is 1. The molecule has 1 heterocycles. The van der Waals surface area contributed by atoms with E-state index in [1.807, 2.05) is 0 Å². The molecule has 0 saturated carbocycles. The van der Waals surface area contributed by atoms with Crippen LogP contribution >= 0.6 is 0 Å². The van der Waals surface area contributed by atoms with Crippen LogP contribution in [0.1, 0.15) is 17.2 Å². The van der Waals surface area contributed by atoms with E-state index in [4.69, 9.17) is 0 Å². The number of aryl methyl sites for hydroxylation is 2. The van der Waals surface area contributed by atoms with Crippen LogP contribution in [-0.2, 0) is 22.0 Å². The van der Waals surface area contributed by atoms with E-state index in [1.165, 1.54) is 18.2 Å². The Kier molecular flexibility index (Phi) is 3.94. The van der Waals surface area contributed by atoms with Gasteiger partial charge in [0.2, 0.25) is 0 Å². The van der Waals surface area contributed by atoms with Crippen LogP contribution in [0.4, 0.5) is 4.39 Å². The van der Waals surface area contributed by atoms with E-state index in [9.17, 15) is 12.8 Å². The van der Waals surface area contributed by atoms with Gasteiger partial charge in [0, 0.05) is 12.0 Å². The molecular weight excluding hydrogens is 269 g/mol. The number of H-pyrrole nitrogens is 1. The summed E-state index contributed by atoms with van der Waals surface area (Å²) in [7, 11) is -3.38. The zero-order chi connectivity index (χ0) is 13.9. The topological polar surface area (TPSA) is 75.7 Å². The fourth-order valence-corrected chi connectivity index (χ4v) is 3.02. The van der Waals surface area contributed by atoms with Crippen molar-refractivity contribution in [3.8, 4) is 0 Å². The maximum absolute atomic E-state index is 13.4. The molecule has 0 aliphatic rings. The van der Waals surface area contributed by atoms with E-state index < -0.39 is 15.7 Å². The third kappa shape index (κ3) is 3.85. The quantitative estimate of drug-likeness (QED) is 0.900. The first-order valence-corrected chi connectivity index (χ1v) is 7.60. The average Bonchev–Trinajstić information content (AvgIpc) is 2.76. The molecule has 0 aliphatic heterocycles. The molecule has 5 nitrogen and oxygen atoms in total. The number of benzene rings is 1. The number of sulfone groups is 1. The minimum absolute atomic E-state index is 0.0986. The predicted molar refractivity (Wildman–Crippen MR) is 68.7 cm³/mol. The van der Waals surface area contributed by atoms with Gasteiger partial charge >= 0.3 is 0 Å². The second kappa shape index (κ2) is 5.48. The lowest BCUT2D eigenvalue weighted by Gasteiger charge is -2.04. The first kappa shape index (κ1) is 13.7. The first-order valence-electron chi connectivity index (χ1n) is 5.78. The molecule has 2 rings (SSSR count). The van der Waals surface area contributed by atoms with Crippen LogP contribution in [-0.4, -0.2) is 29.4 Å². The van der Waals surface area contributed by atoms with Crippen LogP contribution in [0, 0.1) is 12.7 Å². The van der Waals surface area contributed by atoms with Gasteiger partial charge in [-0.3, -0.25) is 5.10 Å². The maximum atomic E-state index is 13.4. The summed E-state index contributed by atoms with van der Waals surface area (Å²) in [5, 5.41) is 6.52. The molecule has 0 amide bonds. The molecule has 0 radical (unpaired) electrons. The first-order chi connectivity index (χ1) is 8.96. The molecule has 0 spiro atoms. The zero-order valence-electron chi connectivity index (χ0n) is 10.4. The number of aromatic nitrogens is 3. The Bertz CT molecular complexity index is 667. The molecule has 0 fully saturated rings. The van der Waals surface area contributed by atoms with Crippen LogP contribution in [0.3, 0.4) is 0 Å². The van der Waals surface area contributed by atoms with Crippen molar-refractivity contribution in [1.29, 1.82) is 0 Å². The molecule has 19 heavy (non-hydrogen) atoms. The van der Waals surface area contributed by atoms with Gasteiger partial charge in [-0.15, -0.1) is 0 Å². The highest BCUT2D eigenvalue weighted by Gasteiger charge is 2.15. The second-order valence-electron chi connectivity index (χ2n) is 4.27. The van der Waals surface area contributed by atoms with Crippen molar-refractivity contribution in [2.75, 3.05) is 5.75 Å². The molecule has 0 aliphatic carbocycles. The van der Waals surface area contributed by atoms with E-state index in [2.05, 4.69) is 15.2 Å². The largest absolute Gasteiger partial charge is 0.263 e. The Morgan fingerprint density at radius 2 is 2.05 bits per heavy atom. The van der Waals surface area contributed by atoms with Gasteiger partial charge in [-0.05, 0) is 13.0 Å². The SMILES string of the molecule is Cc1nc(CCS(=O)(=O)Cc2ccccc2F)n[nH]1. The number of hydrogen-bond donors (Lipinski definition) is 1. The molecule has 102 valence electrons. The number of halogens is 1. The van der Waals surface area contributed by atoms with Gasteiger partial charge in [0.1, 0.15) is 11.6 Å². The van der Waals surface area contributed by atoms with E-state index in [-0.39, 0.29) is 23.5 Å². The molecule has 7 heteroatoms. The Morgan fingerprint density at radius 3 is 2.68 bits per heavy atom. The van der Waals surface area contributed by atoms with Gasteiger partial charge < -0.3 is 0 Å². The highest BCUT2D eigenvalue weighted by Crippen LogP contribution is 2.12. The van der Waals surface area contributed by atoms with Gasteiger partial charge in [-0.2, -0.15) is 5.10 Å². The molecule has 0 saturated heterocycles. The average molecular weight is 283 g/mol. The summed E-state index contributed by atoms with van der Waals surface area (Å²) in [5.41, 5.74) is 0.189. The summed E-state index contributed by atoms with van der Waals surface area (Å²) >= 11 is 0. The maximum Gasteiger partial charge on any atom is 0.155 e. The molecular formula is C12H14FN3O2S. The van der Waals surface area contributed by atoms with Crippen LogP contribution < -0.4 is 0 Å². The van der Waals surface area contributed by atoms with Crippen molar-refractivity contribution >= 4 is 9.84 Å². The van der Waals surface area contributed by atoms with Crippen molar-refractivity contribution in [2.45, 2.75) is 19.1 Å². The normalized spacial score (nSPS) is 11.7. The Labute approximate surface area is 110 Å². The Hall–Kier alpha value is -1.76. The van der Waals surface area contributed by atoms with Crippen LogP contribution in [0.25, 0.3) is 0 Å². The lowest BCUT2D eigenvalue weighted by molar-refractivity contribution is 0.586. The highest BCUT2D eigenvalue weighted by molar-refractivity contribution is 7.90. The molecule has 0 bridgehead atoms. The lowest BCUT2D eigenvalue weighted by Crippen LogP contribution is -2.13. The fraction of sp³-hybridized carbons (Fsp3) is 0.333. The van der Waals surface area contributed by atoms with E-state index in [0.29, 0.717) is 11.6 Å². The molecule has 2 aromatic rings. The van der Waals surface area contributed by atoms with Gasteiger partial charge in [-0.25, -0.2) is 17.8 Å². The molecule has 1 aromatic heterocycles. The van der Waals surface area contributed by atoms with Gasteiger partial charge in [0.05, 0.1) is 11.5 Å². The van der Waals surface area contributed by atoms with Crippen molar-refractivity contribution < 1.29 is 12.8 Å². The summed E-state index contributed by atoms with van der Waals surface area (Å²) in [6, 6.07) is 5.88. The second-order valence-corrected chi connectivity index (χ2v) is 6.45. The standard InChI is InChI=1S/C12H14FN3O2S/c1-9-14-12(16-15-9)6-7-19(17,18)8-10-4-2-3-5-11(10)13/h2-5H,6-8H2,1H3,(H,14,15,16). The Balaban J connectivity index is 2.01. The van der Waals surface area contributed by atoms with E-state index in [0.717, 1.165) is 0 Å². The minimum atomic E-state index is -3.38. The summed E-state index contributed by atoms with van der Waals surface area (Å²) in [6.45, 7) is 1.74.